The topological polar surface area (TPSA) is 93.4 Å². The number of carbonyl (C=O) groups excluding carboxylic acids is 1. The molecule has 148 valence electrons. The van der Waals surface area contributed by atoms with Gasteiger partial charge in [-0.25, -0.2) is 4.98 Å². The van der Waals surface area contributed by atoms with Crippen molar-refractivity contribution in [3.63, 3.8) is 0 Å². The third-order valence-electron chi connectivity index (χ3n) is 4.57. The maximum Gasteiger partial charge on any atom is 0.243 e. The van der Waals surface area contributed by atoms with Crippen LogP contribution in [-0.4, -0.2) is 35.4 Å². The van der Waals surface area contributed by atoms with E-state index in [2.05, 4.69) is 25.6 Å². The lowest BCUT2D eigenvalue weighted by atomic mass is 10.1. The van der Waals surface area contributed by atoms with Crippen molar-refractivity contribution in [2.24, 2.45) is 0 Å². The first-order valence-corrected chi connectivity index (χ1v) is 10.3. The van der Waals surface area contributed by atoms with Crippen LogP contribution < -0.4 is 5.32 Å². The van der Waals surface area contributed by atoms with Crippen LogP contribution in [0.4, 0.5) is 0 Å². The largest absolute Gasteiger partial charge is 0.346 e. The third kappa shape index (κ3) is 4.17. The van der Waals surface area contributed by atoms with Crippen molar-refractivity contribution in [2.45, 2.75) is 25.6 Å². The van der Waals surface area contributed by atoms with Gasteiger partial charge in [-0.2, -0.15) is 10.2 Å². The van der Waals surface area contributed by atoms with Gasteiger partial charge < -0.3 is 5.32 Å². The summed E-state index contributed by atoms with van der Waals surface area (Å²) in [5, 5.41) is 16.4. The molecule has 0 aliphatic rings. The Morgan fingerprint density at radius 1 is 1.28 bits per heavy atom. The summed E-state index contributed by atoms with van der Waals surface area (Å²) in [4.78, 5) is 18.1. The Balaban J connectivity index is 1.60. The summed E-state index contributed by atoms with van der Waals surface area (Å²) in [6, 6.07) is 12.9. The number of nitrogens with zero attached hydrogens (tertiary/aromatic N) is 5. The van der Waals surface area contributed by atoms with Crippen LogP contribution in [0.2, 0.25) is 0 Å². The Hall–Kier alpha value is -3.11. The zero-order valence-corrected chi connectivity index (χ0v) is 17.2. The number of nitrogens with one attached hydrogen (secondary N) is 2. The molecule has 1 aromatic carbocycles. The second kappa shape index (κ2) is 8.50. The van der Waals surface area contributed by atoms with Gasteiger partial charge in [-0.05, 0) is 36.2 Å². The molecule has 8 nitrogen and oxygen atoms in total. The third-order valence-corrected chi connectivity index (χ3v) is 5.72. The maximum absolute atomic E-state index is 13.2. The van der Waals surface area contributed by atoms with Crippen LogP contribution in [0.5, 0.6) is 0 Å². The lowest BCUT2D eigenvalue weighted by Gasteiger charge is -2.22. The van der Waals surface area contributed by atoms with E-state index in [1.807, 2.05) is 54.8 Å². The summed E-state index contributed by atoms with van der Waals surface area (Å²) in [7, 11) is 0. The van der Waals surface area contributed by atoms with Crippen molar-refractivity contribution in [2.75, 3.05) is 0 Å². The number of hydrogen-bond donors (Lipinski definition) is 2. The summed E-state index contributed by atoms with van der Waals surface area (Å²) >= 11 is 6.94. The standard InChI is InChI=1S/C19H19N7OS2/c1-13(26-17(23-24-19(26)28)16-8-5-9-29-16)18(27)22-15(10-25-12-20-11-21-25)14-6-3-2-4-7-14/h2-9,11-13,15H,10H2,1H3,(H,22,27)(H,24,28). The van der Waals surface area contributed by atoms with Crippen molar-refractivity contribution < 1.29 is 4.79 Å². The zero-order valence-electron chi connectivity index (χ0n) is 15.6. The molecule has 4 aromatic rings. The van der Waals surface area contributed by atoms with Gasteiger partial charge in [0.05, 0.1) is 17.5 Å². The summed E-state index contributed by atoms with van der Waals surface area (Å²) in [5.74, 6) is 0.495. The fraction of sp³-hybridized carbons (Fsp3) is 0.211. The fourth-order valence-electron chi connectivity index (χ4n) is 3.09. The van der Waals surface area contributed by atoms with E-state index in [0.717, 1.165) is 10.4 Å². The van der Waals surface area contributed by atoms with Gasteiger partial charge in [0.2, 0.25) is 5.91 Å². The fourth-order valence-corrected chi connectivity index (χ4v) is 4.09. The van der Waals surface area contributed by atoms with Gasteiger partial charge in [-0.15, -0.1) is 11.3 Å². The molecular weight excluding hydrogens is 406 g/mol. The molecule has 4 rings (SSSR count). The molecule has 0 fully saturated rings. The first kappa shape index (κ1) is 19.2. The van der Waals surface area contributed by atoms with E-state index >= 15 is 0 Å². The molecule has 29 heavy (non-hydrogen) atoms. The minimum atomic E-state index is -0.541. The smallest absolute Gasteiger partial charge is 0.243 e. The molecule has 0 bridgehead atoms. The van der Waals surface area contributed by atoms with Crippen LogP contribution in [0.15, 0.2) is 60.5 Å². The lowest BCUT2D eigenvalue weighted by Crippen LogP contribution is -2.36. The van der Waals surface area contributed by atoms with Crippen LogP contribution >= 0.6 is 23.6 Å². The molecule has 2 unspecified atom stereocenters. The Morgan fingerprint density at radius 3 is 2.79 bits per heavy atom. The molecule has 0 aliphatic carbocycles. The van der Waals surface area contributed by atoms with E-state index in [0.29, 0.717) is 17.1 Å². The Kier molecular flexibility index (Phi) is 5.63. The highest BCUT2D eigenvalue weighted by Gasteiger charge is 2.24. The Bertz CT molecular complexity index is 1120. The molecular formula is C19H19N7OS2. The van der Waals surface area contributed by atoms with Crippen molar-refractivity contribution in [1.82, 2.24) is 34.8 Å². The molecule has 2 N–H and O–H groups in total. The van der Waals surface area contributed by atoms with Gasteiger partial charge in [-0.1, -0.05) is 36.4 Å². The Morgan fingerprint density at radius 2 is 2.10 bits per heavy atom. The van der Waals surface area contributed by atoms with Crippen molar-refractivity contribution in [3.05, 3.63) is 70.8 Å². The number of hydrogen-bond acceptors (Lipinski definition) is 6. The molecule has 3 heterocycles. The van der Waals surface area contributed by atoms with E-state index in [1.165, 1.54) is 6.33 Å². The second-order valence-corrected chi connectivity index (χ2v) is 7.80. The quantitative estimate of drug-likeness (QED) is 0.443. The summed E-state index contributed by atoms with van der Waals surface area (Å²) in [6.07, 6.45) is 3.11. The number of aromatic amines is 1. The summed E-state index contributed by atoms with van der Waals surface area (Å²) < 4.78 is 3.85. The monoisotopic (exact) mass is 425 g/mol. The molecule has 10 heteroatoms. The van der Waals surface area contributed by atoms with E-state index in [9.17, 15) is 4.79 Å². The number of thiophene rings is 1. The SMILES string of the molecule is CC(C(=O)NC(Cn1cncn1)c1ccccc1)n1c(-c2cccs2)n[nH]c1=S. The molecule has 2 atom stereocenters. The highest BCUT2D eigenvalue weighted by atomic mass is 32.1. The number of H-pyrrole nitrogens is 1. The van der Waals surface area contributed by atoms with Gasteiger partial charge >= 0.3 is 0 Å². The van der Waals surface area contributed by atoms with Crippen LogP contribution in [0.25, 0.3) is 10.7 Å². The molecule has 0 spiro atoms. The van der Waals surface area contributed by atoms with Gasteiger partial charge in [-0.3, -0.25) is 19.1 Å². The molecule has 1 amide bonds. The van der Waals surface area contributed by atoms with Gasteiger partial charge in [0.15, 0.2) is 10.6 Å². The van der Waals surface area contributed by atoms with E-state index < -0.39 is 6.04 Å². The van der Waals surface area contributed by atoms with Crippen molar-refractivity contribution >= 4 is 29.5 Å². The first-order valence-electron chi connectivity index (χ1n) is 9.02. The van der Waals surface area contributed by atoms with Gasteiger partial charge in [0.1, 0.15) is 18.7 Å². The van der Waals surface area contributed by atoms with E-state index in [1.54, 1.807) is 26.9 Å². The van der Waals surface area contributed by atoms with Crippen LogP contribution in [-0.2, 0) is 11.3 Å². The number of benzene rings is 1. The lowest BCUT2D eigenvalue weighted by molar-refractivity contribution is -0.124. The molecule has 0 saturated carbocycles. The zero-order chi connectivity index (χ0) is 20.2. The minimum Gasteiger partial charge on any atom is -0.346 e. The summed E-state index contributed by atoms with van der Waals surface area (Å²) in [5.41, 5.74) is 0.984. The number of carbonyl (C=O) groups is 1. The van der Waals surface area contributed by atoms with E-state index in [4.69, 9.17) is 12.2 Å². The highest BCUT2D eigenvalue weighted by molar-refractivity contribution is 7.71. The van der Waals surface area contributed by atoms with Crippen molar-refractivity contribution in [3.8, 4) is 10.7 Å². The average Bonchev–Trinajstić information content (AvgIpc) is 3.49. The maximum atomic E-state index is 13.2. The van der Waals surface area contributed by atoms with Crippen LogP contribution in [0.3, 0.4) is 0 Å². The number of amides is 1. The number of rotatable bonds is 7. The molecule has 0 aliphatic heterocycles. The second-order valence-electron chi connectivity index (χ2n) is 6.47. The van der Waals surface area contributed by atoms with E-state index in [-0.39, 0.29) is 11.9 Å². The predicted molar refractivity (Wildman–Crippen MR) is 113 cm³/mol. The molecule has 3 aromatic heterocycles. The van der Waals surface area contributed by atoms with Crippen LogP contribution in [0, 0.1) is 4.77 Å². The highest BCUT2D eigenvalue weighted by Crippen LogP contribution is 2.26. The molecule has 0 radical (unpaired) electrons. The predicted octanol–water partition coefficient (Wildman–Crippen LogP) is 3.38. The van der Waals surface area contributed by atoms with Gasteiger partial charge in [0, 0.05) is 0 Å². The summed E-state index contributed by atoms with van der Waals surface area (Å²) in [6.45, 7) is 2.28. The van der Waals surface area contributed by atoms with Crippen molar-refractivity contribution in [1.29, 1.82) is 0 Å². The number of aromatic nitrogens is 6. The normalized spacial score (nSPS) is 13.1. The first-order chi connectivity index (χ1) is 14.1. The Labute approximate surface area is 176 Å². The van der Waals surface area contributed by atoms with Crippen LogP contribution in [0.1, 0.15) is 24.6 Å². The minimum absolute atomic E-state index is 0.158. The molecule has 0 saturated heterocycles. The average molecular weight is 426 g/mol. The van der Waals surface area contributed by atoms with Gasteiger partial charge in [0.25, 0.3) is 0 Å².